The van der Waals surface area contributed by atoms with Gasteiger partial charge < -0.3 is 4.42 Å². The van der Waals surface area contributed by atoms with Gasteiger partial charge in [-0.1, -0.05) is 0 Å². The molecule has 0 saturated carbocycles. The van der Waals surface area contributed by atoms with Crippen LogP contribution in [0.5, 0.6) is 0 Å². The maximum atomic E-state index is 5.28. The number of piperidine rings is 1. The molecule has 0 bridgehead atoms. The minimum atomic E-state index is 0.412. The number of fused-ring (bicyclic) bond motifs is 1. The van der Waals surface area contributed by atoms with Gasteiger partial charge in [0.25, 0.3) is 0 Å². The largest absolute Gasteiger partial charge is 0.449 e. The second-order valence-corrected chi connectivity index (χ2v) is 6.21. The van der Waals surface area contributed by atoms with Crippen LogP contribution in [-0.2, 0) is 6.54 Å². The Balaban J connectivity index is 1.45. The number of aromatic nitrogens is 5. The lowest BCUT2D eigenvalue weighted by atomic mass is 9.96. The molecule has 0 atom stereocenters. The molecule has 0 unspecified atom stereocenters. The molecule has 0 amide bonds. The van der Waals surface area contributed by atoms with E-state index in [1.807, 2.05) is 30.5 Å². The highest BCUT2D eigenvalue weighted by molar-refractivity contribution is 5.36. The first kappa shape index (κ1) is 14.3. The van der Waals surface area contributed by atoms with E-state index in [1.165, 1.54) is 0 Å². The number of aryl methyl sites for hydroxylation is 2. The smallest absolute Gasteiger partial charge is 0.191 e. The van der Waals surface area contributed by atoms with Gasteiger partial charge in [-0.15, -0.1) is 10.2 Å². The van der Waals surface area contributed by atoms with Gasteiger partial charge in [-0.3, -0.25) is 4.90 Å². The minimum absolute atomic E-state index is 0.412. The van der Waals surface area contributed by atoms with E-state index in [9.17, 15) is 0 Å². The maximum Gasteiger partial charge on any atom is 0.191 e. The lowest BCUT2D eigenvalue weighted by Gasteiger charge is -2.30. The summed E-state index contributed by atoms with van der Waals surface area (Å²) < 4.78 is 7.18. The van der Waals surface area contributed by atoms with Crippen molar-refractivity contribution in [3.63, 3.8) is 0 Å². The van der Waals surface area contributed by atoms with Crippen LogP contribution in [-0.4, -0.2) is 42.8 Å². The number of oxazole rings is 1. The normalized spacial score (nSPS) is 17.1. The molecule has 7 nitrogen and oxygen atoms in total. The van der Waals surface area contributed by atoms with E-state index in [4.69, 9.17) is 4.42 Å². The Morgan fingerprint density at radius 3 is 2.74 bits per heavy atom. The van der Waals surface area contributed by atoms with Gasteiger partial charge in [0.2, 0.25) is 0 Å². The Kier molecular flexibility index (Phi) is 3.57. The van der Waals surface area contributed by atoms with Crippen molar-refractivity contribution in [3.05, 3.63) is 41.5 Å². The number of likely N-dealkylation sites (tertiary alicyclic amines) is 1. The van der Waals surface area contributed by atoms with Crippen LogP contribution in [0.25, 0.3) is 5.65 Å². The maximum absolute atomic E-state index is 5.28. The summed E-state index contributed by atoms with van der Waals surface area (Å²) in [4.78, 5) is 6.79. The van der Waals surface area contributed by atoms with Crippen LogP contribution in [0.4, 0.5) is 0 Å². The summed E-state index contributed by atoms with van der Waals surface area (Å²) in [7, 11) is 0. The van der Waals surface area contributed by atoms with Crippen LogP contribution in [0.3, 0.4) is 0 Å². The average Bonchev–Trinajstić information content (AvgIpc) is 3.14. The molecule has 23 heavy (non-hydrogen) atoms. The molecule has 0 aromatic carbocycles. The van der Waals surface area contributed by atoms with Gasteiger partial charge in [0.1, 0.15) is 6.26 Å². The van der Waals surface area contributed by atoms with Gasteiger partial charge in [-0.25, -0.2) is 4.98 Å². The van der Waals surface area contributed by atoms with Crippen molar-refractivity contribution in [1.29, 1.82) is 0 Å². The average molecular weight is 312 g/mol. The molecule has 0 aliphatic carbocycles. The van der Waals surface area contributed by atoms with Gasteiger partial charge in [-0.05, 0) is 45.0 Å². The topological polar surface area (TPSA) is 72.4 Å². The third kappa shape index (κ3) is 2.84. The number of nitrogens with zero attached hydrogens (tertiary/aromatic N) is 6. The van der Waals surface area contributed by atoms with E-state index in [0.29, 0.717) is 5.92 Å². The number of rotatable bonds is 3. The van der Waals surface area contributed by atoms with Crippen molar-refractivity contribution in [2.45, 2.75) is 39.2 Å². The molecule has 0 radical (unpaired) electrons. The Labute approximate surface area is 134 Å². The Hall–Kier alpha value is -2.28. The summed E-state index contributed by atoms with van der Waals surface area (Å²) in [6, 6.07) is 3.94. The van der Waals surface area contributed by atoms with E-state index in [2.05, 4.69) is 25.2 Å². The van der Waals surface area contributed by atoms with Gasteiger partial charge in [0, 0.05) is 19.4 Å². The highest BCUT2D eigenvalue weighted by atomic mass is 16.3. The van der Waals surface area contributed by atoms with Crippen LogP contribution in [0.15, 0.2) is 22.8 Å². The molecule has 4 heterocycles. The predicted octanol–water partition coefficient (Wildman–Crippen LogP) is 2.11. The van der Waals surface area contributed by atoms with Crippen LogP contribution in [0.1, 0.15) is 41.9 Å². The summed E-state index contributed by atoms with van der Waals surface area (Å²) in [5.41, 5.74) is 2.81. The van der Waals surface area contributed by atoms with Crippen molar-refractivity contribution in [2.24, 2.45) is 0 Å². The molecule has 0 N–H and O–H groups in total. The molecule has 1 aliphatic heterocycles. The van der Waals surface area contributed by atoms with E-state index < -0.39 is 0 Å². The van der Waals surface area contributed by atoms with Crippen LogP contribution in [0.2, 0.25) is 0 Å². The zero-order valence-corrected chi connectivity index (χ0v) is 13.4. The summed E-state index contributed by atoms with van der Waals surface area (Å²) in [6.07, 6.45) is 3.88. The van der Waals surface area contributed by atoms with Crippen molar-refractivity contribution >= 4 is 5.65 Å². The molecule has 3 aromatic heterocycles. The first-order valence-electron chi connectivity index (χ1n) is 8.01. The molecule has 1 saturated heterocycles. The Morgan fingerprint density at radius 1 is 1.17 bits per heavy atom. The lowest BCUT2D eigenvalue weighted by Crippen LogP contribution is -2.33. The van der Waals surface area contributed by atoms with Crippen molar-refractivity contribution in [2.75, 3.05) is 13.1 Å². The van der Waals surface area contributed by atoms with Crippen LogP contribution in [0, 0.1) is 13.8 Å². The van der Waals surface area contributed by atoms with E-state index >= 15 is 0 Å². The second-order valence-electron chi connectivity index (χ2n) is 6.21. The minimum Gasteiger partial charge on any atom is -0.449 e. The standard InChI is InChI=1S/C16H20N6O/c1-11-3-4-15-18-19-16(22(15)20-11)13-5-7-21(8-6-13)9-14-10-23-12(2)17-14/h3-4,10,13H,5-9H2,1-2H3. The fourth-order valence-electron chi connectivity index (χ4n) is 3.21. The van der Waals surface area contributed by atoms with Crippen LogP contribution < -0.4 is 0 Å². The Bertz CT molecular complexity index is 815. The van der Waals surface area contributed by atoms with Crippen molar-refractivity contribution < 1.29 is 4.42 Å². The molecule has 7 heteroatoms. The van der Waals surface area contributed by atoms with Gasteiger partial charge in [0.05, 0.1) is 11.4 Å². The Morgan fingerprint density at radius 2 is 2.00 bits per heavy atom. The zero-order valence-electron chi connectivity index (χ0n) is 13.4. The molecule has 0 spiro atoms. The SMILES string of the molecule is Cc1ccc2nnc(C3CCN(Cc4coc(C)n4)CC3)n2n1. The van der Waals surface area contributed by atoms with Crippen molar-refractivity contribution in [3.8, 4) is 0 Å². The monoisotopic (exact) mass is 312 g/mol. The summed E-state index contributed by atoms with van der Waals surface area (Å²) >= 11 is 0. The highest BCUT2D eigenvalue weighted by Gasteiger charge is 2.25. The third-order valence-electron chi connectivity index (χ3n) is 4.43. The number of hydrogen-bond donors (Lipinski definition) is 0. The molecule has 120 valence electrons. The van der Waals surface area contributed by atoms with E-state index in [-0.39, 0.29) is 0 Å². The lowest BCUT2D eigenvalue weighted by molar-refractivity contribution is 0.198. The number of hydrogen-bond acceptors (Lipinski definition) is 6. The van der Waals surface area contributed by atoms with E-state index in [0.717, 1.165) is 61.2 Å². The van der Waals surface area contributed by atoms with Gasteiger partial charge in [0.15, 0.2) is 17.4 Å². The fraction of sp³-hybridized carbons (Fsp3) is 0.500. The second kappa shape index (κ2) is 5.73. The third-order valence-corrected chi connectivity index (χ3v) is 4.43. The quantitative estimate of drug-likeness (QED) is 0.737. The molecule has 4 rings (SSSR count). The zero-order chi connectivity index (χ0) is 15.8. The van der Waals surface area contributed by atoms with Crippen LogP contribution >= 0.6 is 0 Å². The summed E-state index contributed by atoms with van der Waals surface area (Å²) in [6.45, 7) is 6.77. The predicted molar refractivity (Wildman–Crippen MR) is 84.0 cm³/mol. The van der Waals surface area contributed by atoms with Crippen molar-refractivity contribution in [1.82, 2.24) is 29.7 Å². The molecule has 3 aromatic rings. The summed E-state index contributed by atoms with van der Waals surface area (Å²) in [5.74, 6) is 2.13. The van der Waals surface area contributed by atoms with Gasteiger partial charge >= 0.3 is 0 Å². The molecule has 1 aliphatic rings. The van der Waals surface area contributed by atoms with Gasteiger partial charge in [-0.2, -0.15) is 9.61 Å². The fourth-order valence-corrected chi connectivity index (χ4v) is 3.21. The first-order chi connectivity index (χ1) is 11.2. The van der Waals surface area contributed by atoms with E-state index in [1.54, 1.807) is 6.26 Å². The molecular weight excluding hydrogens is 292 g/mol. The summed E-state index contributed by atoms with van der Waals surface area (Å²) in [5, 5.41) is 13.2. The highest BCUT2D eigenvalue weighted by Crippen LogP contribution is 2.27. The molecular formula is C16H20N6O. The first-order valence-corrected chi connectivity index (χ1v) is 8.01. The molecule has 1 fully saturated rings.